The van der Waals surface area contributed by atoms with Crippen LogP contribution < -0.4 is 4.73 Å². The molecule has 3 aliphatic carbocycles. The van der Waals surface area contributed by atoms with Crippen molar-refractivity contribution < 1.29 is 19.4 Å². The first kappa shape index (κ1) is 20.5. The molecule has 1 heterocycles. The minimum absolute atomic E-state index is 0.132. The molecule has 0 spiro atoms. The van der Waals surface area contributed by atoms with Crippen LogP contribution in [0, 0.1) is 35.6 Å². The van der Waals surface area contributed by atoms with E-state index in [0.717, 1.165) is 47.1 Å². The lowest BCUT2D eigenvalue weighted by Crippen LogP contribution is -2.54. The number of halogens is 1. The smallest absolute Gasteiger partial charge is 0.222 e. The fourth-order valence-electron chi connectivity index (χ4n) is 7.54. The Labute approximate surface area is 183 Å². The molecular formula is C26H30FN2O2+. The molecule has 162 valence electrons. The number of rotatable bonds is 2. The van der Waals surface area contributed by atoms with Crippen LogP contribution in [-0.2, 0) is 12.8 Å². The van der Waals surface area contributed by atoms with E-state index in [4.69, 9.17) is 6.57 Å². The number of aliphatic hydroxyl groups is 1. The van der Waals surface area contributed by atoms with Crippen LogP contribution in [0.4, 0.5) is 10.1 Å². The number of benzene rings is 1. The van der Waals surface area contributed by atoms with E-state index in [2.05, 4.69) is 18.7 Å². The van der Waals surface area contributed by atoms with Crippen molar-refractivity contribution in [1.82, 2.24) is 0 Å². The lowest BCUT2D eigenvalue weighted by Gasteiger charge is -2.56. The molecule has 4 nitrogen and oxygen atoms in total. The highest BCUT2D eigenvalue weighted by molar-refractivity contribution is 5.53. The van der Waals surface area contributed by atoms with E-state index in [1.807, 2.05) is 18.2 Å². The topological polar surface area (TPSA) is 48.7 Å². The molecule has 2 fully saturated rings. The van der Waals surface area contributed by atoms with Gasteiger partial charge in [0.05, 0.1) is 12.2 Å². The van der Waals surface area contributed by atoms with Crippen LogP contribution >= 0.6 is 0 Å². The highest BCUT2D eigenvalue weighted by Crippen LogP contribution is 2.66. The van der Waals surface area contributed by atoms with Crippen molar-refractivity contribution in [3.8, 4) is 0 Å². The van der Waals surface area contributed by atoms with Crippen LogP contribution in [0.25, 0.3) is 4.85 Å². The highest BCUT2D eigenvalue weighted by Gasteiger charge is 2.62. The van der Waals surface area contributed by atoms with E-state index in [1.54, 1.807) is 18.5 Å². The molecule has 2 saturated carbocycles. The van der Waals surface area contributed by atoms with Gasteiger partial charge in [0.2, 0.25) is 18.1 Å². The lowest BCUT2D eigenvalue weighted by atomic mass is 9.50. The summed E-state index contributed by atoms with van der Waals surface area (Å²) in [6.45, 7) is 11.8. The summed E-state index contributed by atoms with van der Waals surface area (Å²) in [6.07, 6.45) is 8.08. The molecule has 2 N–H and O–H groups in total. The normalized spacial score (nSPS) is 36.2. The largest absolute Gasteiger partial charge is 0.389 e. The van der Waals surface area contributed by atoms with Gasteiger partial charge >= 0.3 is 0 Å². The van der Waals surface area contributed by atoms with Crippen molar-refractivity contribution >= 4 is 5.69 Å². The first-order valence-corrected chi connectivity index (χ1v) is 11.4. The standard InChI is InChI=1S/C26H30FN2O2/c1-16-14-25(2)21(8-11-26(25,30)15-17-9-12-29(31)13-10-17)20-5-4-19-18(23(16)20)6-7-22(28-3)24(19)27/h6-7,9-10,12-13,16,20-21,23,30-31H,4-5,8,11,14-15H2,1-2H3/q+1/t16-,20?,21?,23?,25-,26+/m0/s1. The van der Waals surface area contributed by atoms with Gasteiger partial charge in [-0.15, -0.1) is 0 Å². The first-order valence-electron chi connectivity index (χ1n) is 11.4. The Bertz CT molecular complexity index is 1060. The van der Waals surface area contributed by atoms with Crippen LogP contribution in [0.3, 0.4) is 0 Å². The maximum absolute atomic E-state index is 14.9. The molecule has 6 atom stereocenters. The predicted molar refractivity (Wildman–Crippen MR) is 114 cm³/mol. The van der Waals surface area contributed by atoms with Gasteiger partial charge in [0.15, 0.2) is 0 Å². The van der Waals surface area contributed by atoms with Crippen molar-refractivity contribution in [3.63, 3.8) is 0 Å². The summed E-state index contributed by atoms with van der Waals surface area (Å²) in [5.41, 5.74) is 2.05. The molecular weight excluding hydrogens is 391 g/mol. The van der Waals surface area contributed by atoms with Crippen molar-refractivity contribution in [1.29, 1.82) is 0 Å². The average Bonchev–Trinajstić information content (AvgIpc) is 3.00. The quantitative estimate of drug-likeness (QED) is 0.408. The summed E-state index contributed by atoms with van der Waals surface area (Å²) in [6, 6.07) is 7.39. The van der Waals surface area contributed by atoms with E-state index < -0.39 is 5.60 Å². The maximum Gasteiger partial charge on any atom is 0.222 e. The lowest BCUT2D eigenvalue weighted by molar-refractivity contribution is -0.904. The Morgan fingerprint density at radius 2 is 1.97 bits per heavy atom. The summed E-state index contributed by atoms with van der Waals surface area (Å²) in [5, 5.41) is 21.4. The average molecular weight is 422 g/mol. The Balaban J connectivity index is 1.49. The van der Waals surface area contributed by atoms with Crippen molar-refractivity contribution in [3.05, 3.63) is 70.6 Å². The highest BCUT2D eigenvalue weighted by atomic mass is 19.1. The molecule has 0 radical (unpaired) electrons. The molecule has 0 aliphatic heterocycles. The molecule has 1 aromatic heterocycles. The molecule has 31 heavy (non-hydrogen) atoms. The van der Waals surface area contributed by atoms with Crippen LogP contribution in [0.15, 0.2) is 36.7 Å². The van der Waals surface area contributed by atoms with Gasteiger partial charge in [0.25, 0.3) is 0 Å². The molecule has 3 unspecified atom stereocenters. The van der Waals surface area contributed by atoms with Crippen molar-refractivity contribution in [2.75, 3.05) is 0 Å². The Morgan fingerprint density at radius 3 is 2.68 bits per heavy atom. The molecule has 5 heteroatoms. The van der Waals surface area contributed by atoms with E-state index in [9.17, 15) is 14.7 Å². The van der Waals surface area contributed by atoms with E-state index in [1.165, 1.54) is 0 Å². The number of hydrogen-bond donors (Lipinski definition) is 2. The summed E-state index contributed by atoms with van der Waals surface area (Å²) in [7, 11) is 0. The van der Waals surface area contributed by atoms with Gasteiger partial charge in [-0.25, -0.2) is 9.24 Å². The summed E-state index contributed by atoms with van der Waals surface area (Å²) in [5.74, 6) is 1.15. The minimum Gasteiger partial charge on any atom is -0.389 e. The first-order chi connectivity index (χ1) is 14.8. The Hall–Kier alpha value is -2.45. The van der Waals surface area contributed by atoms with Gasteiger partial charge in [0.1, 0.15) is 5.82 Å². The molecule has 0 bridgehead atoms. The van der Waals surface area contributed by atoms with Crippen molar-refractivity contribution in [2.45, 2.75) is 63.9 Å². The summed E-state index contributed by atoms with van der Waals surface area (Å²) < 4.78 is 15.9. The predicted octanol–water partition coefficient (Wildman–Crippen LogP) is 4.98. The van der Waals surface area contributed by atoms with E-state index in [0.29, 0.717) is 36.5 Å². The fraction of sp³-hybridized carbons (Fsp3) is 0.538. The minimum atomic E-state index is -0.780. The molecule has 2 aromatic rings. The molecule has 1 aromatic carbocycles. The SMILES string of the molecule is [C-]#[N+]c1ccc2c(c1F)CCC1C2[C@@H](C)C[C@@]2(C)C1CC[C@@]2(O)Cc1cc[n+](O)cc1. The third-order valence-corrected chi connectivity index (χ3v) is 8.93. The third kappa shape index (κ3) is 2.91. The Morgan fingerprint density at radius 1 is 1.23 bits per heavy atom. The summed E-state index contributed by atoms with van der Waals surface area (Å²) >= 11 is 0. The number of fused-ring (bicyclic) bond motifs is 5. The van der Waals surface area contributed by atoms with Gasteiger partial charge in [-0.05, 0) is 72.5 Å². The number of aromatic nitrogens is 1. The maximum atomic E-state index is 14.9. The molecule has 0 amide bonds. The van der Waals surface area contributed by atoms with Gasteiger partial charge in [0, 0.05) is 28.7 Å². The van der Waals surface area contributed by atoms with Gasteiger partial charge < -0.3 is 5.11 Å². The Kier molecular flexibility index (Phi) is 4.64. The zero-order chi connectivity index (χ0) is 22.0. The van der Waals surface area contributed by atoms with Gasteiger partial charge in [-0.3, -0.25) is 5.21 Å². The van der Waals surface area contributed by atoms with Crippen LogP contribution in [0.2, 0.25) is 0 Å². The van der Waals surface area contributed by atoms with Crippen molar-refractivity contribution in [2.24, 2.45) is 23.2 Å². The second-order valence-electron chi connectivity index (χ2n) is 10.3. The van der Waals surface area contributed by atoms with E-state index >= 15 is 0 Å². The fourth-order valence-corrected chi connectivity index (χ4v) is 7.54. The van der Waals surface area contributed by atoms with Gasteiger partial charge in [-0.2, -0.15) is 0 Å². The second-order valence-corrected chi connectivity index (χ2v) is 10.3. The monoisotopic (exact) mass is 421 g/mol. The molecule has 5 rings (SSSR count). The van der Waals surface area contributed by atoms with Gasteiger partial charge in [-0.1, -0.05) is 26.0 Å². The number of nitrogens with zero attached hydrogens (tertiary/aromatic N) is 2. The van der Waals surface area contributed by atoms with Crippen LogP contribution in [0.5, 0.6) is 0 Å². The zero-order valence-electron chi connectivity index (χ0n) is 18.2. The van der Waals surface area contributed by atoms with E-state index in [-0.39, 0.29) is 16.9 Å². The zero-order valence-corrected chi connectivity index (χ0v) is 18.2. The number of hydrogen-bond acceptors (Lipinski definition) is 2. The summed E-state index contributed by atoms with van der Waals surface area (Å²) in [4.78, 5) is 3.35. The number of pyridine rings is 1. The molecule has 0 saturated heterocycles. The van der Waals surface area contributed by atoms with Crippen LogP contribution in [-0.4, -0.2) is 15.9 Å². The van der Waals surface area contributed by atoms with Crippen LogP contribution in [0.1, 0.15) is 62.1 Å². The third-order valence-electron chi connectivity index (χ3n) is 8.93. The second kappa shape index (κ2) is 7.03. The molecule has 3 aliphatic rings.